The molecule has 15 heavy (non-hydrogen) atoms. The van der Waals surface area contributed by atoms with Crippen molar-refractivity contribution in [3.05, 3.63) is 29.4 Å². The molecule has 0 bridgehead atoms. The molecule has 0 radical (unpaired) electrons. The molecule has 0 amide bonds. The fourth-order valence-corrected chi connectivity index (χ4v) is 1.95. The summed E-state index contributed by atoms with van der Waals surface area (Å²) in [6.45, 7) is 0.378. The summed E-state index contributed by atoms with van der Waals surface area (Å²) < 4.78 is 4.98. The first-order chi connectivity index (χ1) is 7.29. The average Bonchev–Trinajstić information content (AvgIpc) is 2.70. The van der Waals surface area contributed by atoms with Crippen molar-refractivity contribution in [2.45, 2.75) is 6.61 Å². The Morgan fingerprint density at radius 1 is 1.47 bits per heavy atom. The van der Waals surface area contributed by atoms with E-state index >= 15 is 0 Å². The number of nitrogens with two attached hydrogens (primary N) is 1. The number of ether oxygens (including phenoxy) is 1. The molecule has 0 aliphatic heterocycles. The maximum Gasteiger partial charge on any atom is 0.157 e. The van der Waals surface area contributed by atoms with Gasteiger partial charge < -0.3 is 10.5 Å². The summed E-state index contributed by atoms with van der Waals surface area (Å²) in [4.78, 5) is 9.52. The lowest BCUT2D eigenvalue weighted by atomic mass is 10.3. The summed E-state index contributed by atoms with van der Waals surface area (Å²) >= 11 is 1.62. The number of aromatic nitrogens is 2. The van der Waals surface area contributed by atoms with Crippen molar-refractivity contribution < 1.29 is 4.74 Å². The lowest BCUT2D eigenvalue weighted by Gasteiger charge is -2.03. The van der Waals surface area contributed by atoms with E-state index in [1.54, 1.807) is 24.5 Å². The zero-order valence-electron chi connectivity index (χ0n) is 8.30. The number of methoxy groups -OCH3 is 1. The monoisotopic (exact) mass is 221 g/mol. The lowest BCUT2D eigenvalue weighted by Crippen LogP contribution is -2.01. The van der Waals surface area contributed by atoms with Crippen molar-refractivity contribution in [1.29, 1.82) is 0 Å². The second-order valence-electron chi connectivity index (χ2n) is 3.00. The van der Waals surface area contributed by atoms with E-state index in [0.717, 1.165) is 10.6 Å². The van der Waals surface area contributed by atoms with Gasteiger partial charge in [-0.2, -0.15) is 0 Å². The number of nitrogens with zero attached hydrogens (tertiary/aromatic N) is 2. The Morgan fingerprint density at radius 3 is 3.00 bits per heavy atom. The predicted octanol–water partition coefficient (Wildman–Crippen LogP) is 1.93. The smallest absolute Gasteiger partial charge is 0.157 e. The third-order valence-electron chi connectivity index (χ3n) is 1.84. The van der Waals surface area contributed by atoms with Gasteiger partial charge in [0.2, 0.25) is 0 Å². The second-order valence-corrected chi connectivity index (χ2v) is 3.95. The van der Waals surface area contributed by atoms with Gasteiger partial charge in [0.25, 0.3) is 0 Å². The minimum atomic E-state index is 0.378. The van der Waals surface area contributed by atoms with Crippen LogP contribution in [-0.2, 0) is 11.3 Å². The lowest BCUT2D eigenvalue weighted by molar-refractivity contribution is 0.178. The van der Waals surface area contributed by atoms with Crippen LogP contribution in [0.5, 0.6) is 0 Å². The van der Waals surface area contributed by atoms with Gasteiger partial charge in [-0.15, -0.1) is 11.3 Å². The van der Waals surface area contributed by atoms with E-state index in [1.165, 1.54) is 0 Å². The molecule has 0 unspecified atom stereocenters. The molecule has 0 saturated heterocycles. The average molecular weight is 221 g/mol. The van der Waals surface area contributed by atoms with Crippen LogP contribution in [0.25, 0.3) is 10.6 Å². The summed E-state index contributed by atoms with van der Waals surface area (Å²) in [6.07, 6.45) is 0. The summed E-state index contributed by atoms with van der Waals surface area (Å²) in [7, 11) is 1.61. The Labute approximate surface area is 91.8 Å². The number of anilines is 1. The fraction of sp³-hybridized carbons (Fsp3) is 0.200. The van der Waals surface area contributed by atoms with E-state index in [1.807, 2.05) is 17.5 Å². The minimum Gasteiger partial charge on any atom is -0.384 e. The molecule has 0 aliphatic rings. The first kappa shape index (κ1) is 10.1. The second kappa shape index (κ2) is 4.37. The van der Waals surface area contributed by atoms with Gasteiger partial charge in [-0.05, 0) is 11.4 Å². The molecule has 78 valence electrons. The van der Waals surface area contributed by atoms with Crippen LogP contribution in [0.15, 0.2) is 23.6 Å². The standard InChI is InChI=1S/C10H11N3OS/c1-14-6-10-12-7(5-9(11)13-10)8-3-2-4-15-8/h2-5H,6H2,1H3,(H2,11,12,13). The first-order valence-corrected chi connectivity index (χ1v) is 5.34. The van der Waals surface area contributed by atoms with Gasteiger partial charge in [0, 0.05) is 13.2 Å². The Hall–Kier alpha value is -1.46. The third kappa shape index (κ3) is 2.31. The van der Waals surface area contributed by atoms with Crippen molar-refractivity contribution >= 4 is 17.2 Å². The largest absolute Gasteiger partial charge is 0.384 e. The van der Waals surface area contributed by atoms with Crippen molar-refractivity contribution in [2.24, 2.45) is 0 Å². The third-order valence-corrected chi connectivity index (χ3v) is 2.73. The molecule has 5 heteroatoms. The first-order valence-electron chi connectivity index (χ1n) is 4.46. The molecule has 2 aromatic rings. The van der Waals surface area contributed by atoms with Crippen LogP contribution in [-0.4, -0.2) is 17.1 Å². The van der Waals surface area contributed by atoms with Gasteiger partial charge in [-0.25, -0.2) is 9.97 Å². The molecule has 2 rings (SSSR count). The zero-order chi connectivity index (χ0) is 10.7. The number of nitrogen functional groups attached to an aromatic ring is 1. The van der Waals surface area contributed by atoms with Crippen LogP contribution in [0.1, 0.15) is 5.82 Å². The molecule has 0 saturated carbocycles. The zero-order valence-corrected chi connectivity index (χ0v) is 9.12. The highest BCUT2D eigenvalue weighted by atomic mass is 32.1. The fourth-order valence-electron chi connectivity index (χ4n) is 1.26. The van der Waals surface area contributed by atoms with Gasteiger partial charge in [-0.3, -0.25) is 0 Å². The Morgan fingerprint density at radius 2 is 2.33 bits per heavy atom. The van der Waals surface area contributed by atoms with Crippen LogP contribution < -0.4 is 5.73 Å². The summed E-state index contributed by atoms with van der Waals surface area (Å²) in [5, 5.41) is 2.00. The van der Waals surface area contributed by atoms with Crippen LogP contribution in [0.2, 0.25) is 0 Å². The molecule has 0 aliphatic carbocycles. The predicted molar refractivity (Wildman–Crippen MR) is 60.5 cm³/mol. The molecule has 0 atom stereocenters. The molecular formula is C10H11N3OS. The van der Waals surface area contributed by atoms with Crippen LogP contribution in [0, 0.1) is 0 Å². The van der Waals surface area contributed by atoms with E-state index in [-0.39, 0.29) is 0 Å². The van der Waals surface area contributed by atoms with Crippen LogP contribution in [0.4, 0.5) is 5.82 Å². The van der Waals surface area contributed by atoms with E-state index < -0.39 is 0 Å². The molecule has 0 fully saturated rings. The number of hydrogen-bond donors (Lipinski definition) is 1. The summed E-state index contributed by atoms with van der Waals surface area (Å²) in [6, 6.07) is 5.75. The maximum absolute atomic E-state index is 5.69. The Bertz CT molecular complexity index is 442. The molecule has 2 aromatic heterocycles. The van der Waals surface area contributed by atoms with Gasteiger partial charge in [-0.1, -0.05) is 6.07 Å². The van der Waals surface area contributed by atoms with E-state index in [0.29, 0.717) is 18.2 Å². The topological polar surface area (TPSA) is 61.0 Å². The van der Waals surface area contributed by atoms with Gasteiger partial charge in [0.15, 0.2) is 5.82 Å². The molecule has 4 nitrogen and oxygen atoms in total. The highest BCUT2D eigenvalue weighted by Crippen LogP contribution is 2.23. The normalized spacial score (nSPS) is 10.5. The quantitative estimate of drug-likeness (QED) is 0.860. The number of thiophene rings is 1. The molecular weight excluding hydrogens is 210 g/mol. The van der Waals surface area contributed by atoms with Gasteiger partial charge >= 0.3 is 0 Å². The molecule has 2 heterocycles. The number of rotatable bonds is 3. The number of hydrogen-bond acceptors (Lipinski definition) is 5. The Balaban J connectivity index is 2.40. The molecule has 2 N–H and O–H groups in total. The Kier molecular flexibility index (Phi) is 2.94. The van der Waals surface area contributed by atoms with Crippen molar-refractivity contribution in [1.82, 2.24) is 9.97 Å². The highest BCUT2D eigenvalue weighted by molar-refractivity contribution is 7.13. The van der Waals surface area contributed by atoms with Gasteiger partial charge in [0.05, 0.1) is 10.6 Å². The van der Waals surface area contributed by atoms with Gasteiger partial charge in [0.1, 0.15) is 12.4 Å². The molecule has 0 aromatic carbocycles. The SMILES string of the molecule is COCc1nc(N)cc(-c2cccs2)n1. The maximum atomic E-state index is 5.69. The van der Waals surface area contributed by atoms with E-state index in [9.17, 15) is 0 Å². The minimum absolute atomic E-state index is 0.378. The summed E-state index contributed by atoms with van der Waals surface area (Å²) in [5.41, 5.74) is 6.55. The van der Waals surface area contributed by atoms with Crippen molar-refractivity contribution in [2.75, 3.05) is 12.8 Å². The van der Waals surface area contributed by atoms with Crippen molar-refractivity contribution in [3.63, 3.8) is 0 Å². The summed E-state index contributed by atoms with van der Waals surface area (Å²) in [5.74, 6) is 1.08. The van der Waals surface area contributed by atoms with Crippen LogP contribution in [0.3, 0.4) is 0 Å². The van der Waals surface area contributed by atoms with Crippen LogP contribution >= 0.6 is 11.3 Å². The highest BCUT2D eigenvalue weighted by Gasteiger charge is 2.05. The van der Waals surface area contributed by atoms with Crippen molar-refractivity contribution in [3.8, 4) is 10.6 Å². The molecule has 0 spiro atoms. The van der Waals surface area contributed by atoms with E-state index in [2.05, 4.69) is 9.97 Å². The van der Waals surface area contributed by atoms with E-state index in [4.69, 9.17) is 10.5 Å².